The summed E-state index contributed by atoms with van der Waals surface area (Å²) in [5.74, 6) is -0.0635. The summed E-state index contributed by atoms with van der Waals surface area (Å²) in [7, 11) is 0. The number of halogens is 2. The zero-order valence-electron chi connectivity index (χ0n) is 9.68. The van der Waals surface area contributed by atoms with Crippen molar-refractivity contribution in [3.05, 3.63) is 28.3 Å². The number of anilines is 1. The minimum Gasteiger partial charge on any atom is -0.298 e. The van der Waals surface area contributed by atoms with Gasteiger partial charge in [-0.15, -0.1) is 11.6 Å². The highest BCUT2D eigenvalue weighted by Gasteiger charge is 2.16. The summed E-state index contributed by atoms with van der Waals surface area (Å²) in [6, 6.07) is 3.80. The van der Waals surface area contributed by atoms with Crippen LogP contribution in [0.4, 0.5) is 5.69 Å². The number of amides is 1. The molecule has 0 N–H and O–H groups in total. The Balaban J connectivity index is 3.32. The molecule has 0 spiro atoms. The molecule has 0 bridgehead atoms. The molecule has 88 valence electrons. The van der Waals surface area contributed by atoms with Crippen LogP contribution in [-0.2, 0) is 11.2 Å². The molecule has 16 heavy (non-hydrogen) atoms. The molecule has 0 atom stereocenters. The summed E-state index contributed by atoms with van der Waals surface area (Å²) in [6.07, 6.45) is 0.822. The molecule has 0 saturated carbocycles. The molecule has 0 aliphatic carbocycles. The minimum absolute atomic E-state index is 0.0635. The highest BCUT2D eigenvalue weighted by Crippen LogP contribution is 2.29. The van der Waals surface area contributed by atoms with Gasteiger partial charge in [-0.3, -0.25) is 9.69 Å². The van der Waals surface area contributed by atoms with Gasteiger partial charge < -0.3 is 0 Å². The maximum Gasteiger partial charge on any atom is 0.224 e. The average molecular weight is 260 g/mol. The third kappa shape index (κ3) is 2.50. The summed E-state index contributed by atoms with van der Waals surface area (Å²) < 4.78 is 0. The van der Waals surface area contributed by atoms with Gasteiger partial charge in [0.25, 0.3) is 0 Å². The van der Waals surface area contributed by atoms with E-state index in [1.54, 1.807) is 11.0 Å². The predicted octanol–water partition coefficient (Wildman–Crippen LogP) is 3.76. The second-order valence-corrected chi connectivity index (χ2v) is 4.24. The molecule has 1 aromatic carbocycles. The molecule has 0 radical (unpaired) electrons. The summed E-state index contributed by atoms with van der Waals surface area (Å²) >= 11 is 11.8. The molecule has 0 aliphatic heterocycles. The zero-order valence-corrected chi connectivity index (χ0v) is 11.2. The first-order valence-electron chi connectivity index (χ1n) is 5.15. The van der Waals surface area contributed by atoms with E-state index in [1.165, 1.54) is 6.92 Å². The van der Waals surface area contributed by atoms with Gasteiger partial charge >= 0.3 is 0 Å². The van der Waals surface area contributed by atoms with Crippen LogP contribution in [0.15, 0.2) is 12.1 Å². The fourth-order valence-corrected chi connectivity index (χ4v) is 2.21. The number of rotatable bonds is 3. The van der Waals surface area contributed by atoms with Crippen molar-refractivity contribution in [2.75, 3.05) is 10.9 Å². The van der Waals surface area contributed by atoms with Crippen molar-refractivity contribution in [2.24, 2.45) is 0 Å². The average Bonchev–Trinajstić information content (AvgIpc) is 2.24. The Morgan fingerprint density at radius 2 is 2.06 bits per heavy atom. The van der Waals surface area contributed by atoms with E-state index in [0.717, 1.165) is 28.3 Å². The Morgan fingerprint density at radius 3 is 2.50 bits per heavy atom. The summed E-state index contributed by atoms with van der Waals surface area (Å²) in [5.41, 5.74) is 2.94. The van der Waals surface area contributed by atoms with Gasteiger partial charge in [0, 0.05) is 17.6 Å². The smallest absolute Gasteiger partial charge is 0.224 e. The third-order valence-corrected chi connectivity index (χ3v) is 3.30. The van der Waals surface area contributed by atoms with Crippen molar-refractivity contribution in [1.82, 2.24) is 0 Å². The molecule has 1 rings (SSSR count). The fourth-order valence-electron chi connectivity index (χ4n) is 1.73. The van der Waals surface area contributed by atoms with Crippen molar-refractivity contribution < 1.29 is 4.79 Å². The normalized spacial score (nSPS) is 10.3. The lowest BCUT2D eigenvalue weighted by molar-refractivity contribution is -0.116. The number of hydrogen-bond donors (Lipinski definition) is 0. The van der Waals surface area contributed by atoms with Gasteiger partial charge in [0.2, 0.25) is 5.91 Å². The zero-order chi connectivity index (χ0) is 12.3. The summed E-state index contributed by atoms with van der Waals surface area (Å²) in [4.78, 5) is 13.0. The first-order valence-corrected chi connectivity index (χ1v) is 6.06. The Labute approximate surface area is 106 Å². The van der Waals surface area contributed by atoms with Gasteiger partial charge in [-0.25, -0.2) is 0 Å². The topological polar surface area (TPSA) is 20.3 Å². The number of carbonyl (C=O) groups excluding carboxylic acids is 1. The SMILES string of the molecule is CCc1c(N(CCl)C(C)=O)ccc(Cl)c1C. The molecule has 4 heteroatoms. The minimum atomic E-state index is -0.0635. The van der Waals surface area contributed by atoms with E-state index < -0.39 is 0 Å². The lowest BCUT2D eigenvalue weighted by Gasteiger charge is -2.22. The quantitative estimate of drug-likeness (QED) is 0.598. The van der Waals surface area contributed by atoms with Gasteiger partial charge in [-0.05, 0) is 36.6 Å². The van der Waals surface area contributed by atoms with E-state index in [1.807, 2.05) is 19.9 Å². The van der Waals surface area contributed by atoms with E-state index in [9.17, 15) is 4.79 Å². The molecule has 2 nitrogen and oxygen atoms in total. The maximum atomic E-state index is 11.4. The fraction of sp³-hybridized carbons (Fsp3) is 0.417. The van der Waals surface area contributed by atoms with Crippen LogP contribution in [0.2, 0.25) is 5.02 Å². The van der Waals surface area contributed by atoms with E-state index >= 15 is 0 Å². The highest BCUT2D eigenvalue weighted by atomic mass is 35.5. The van der Waals surface area contributed by atoms with Crippen LogP contribution >= 0.6 is 23.2 Å². The number of carbonyl (C=O) groups is 1. The van der Waals surface area contributed by atoms with Crippen LogP contribution in [0.3, 0.4) is 0 Å². The Morgan fingerprint density at radius 1 is 1.44 bits per heavy atom. The number of benzene rings is 1. The van der Waals surface area contributed by atoms with Crippen molar-refractivity contribution in [2.45, 2.75) is 27.2 Å². The largest absolute Gasteiger partial charge is 0.298 e. The van der Waals surface area contributed by atoms with Gasteiger partial charge in [0.15, 0.2) is 0 Å². The Kier molecular flexibility index (Phi) is 4.63. The summed E-state index contributed by atoms with van der Waals surface area (Å²) in [6.45, 7) is 5.50. The first kappa shape index (κ1) is 13.3. The molecule has 0 heterocycles. The monoisotopic (exact) mass is 259 g/mol. The number of nitrogens with zero attached hydrogens (tertiary/aromatic N) is 1. The number of alkyl halides is 1. The van der Waals surface area contributed by atoms with Crippen molar-refractivity contribution in [3.8, 4) is 0 Å². The molecule has 0 fully saturated rings. The van der Waals surface area contributed by atoms with Gasteiger partial charge in [0.05, 0.1) is 0 Å². The molecule has 0 unspecified atom stereocenters. The van der Waals surface area contributed by atoms with E-state index in [2.05, 4.69) is 0 Å². The Bertz CT molecular complexity index is 404. The van der Waals surface area contributed by atoms with Crippen LogP contribution in [0.5, 0.6) is 0 Å². The lowest BCUT2D eigenvalue weighted by atomic mass is 10.0. The van der Waals surface area contributed by atoms with Crippen LogP contribution in [-0.4, -0.2) is 11.9 Å². The van der Waals surface area contributed by atoms with Crippen LogP contribution in [0, 0.1) is 6.92 Å². The van der Waals surface area contributed by atoms with Gasteiger partial charge in [-0.1, -0.05) is 18.5 Å². The van der Waals surface area contributed by atoms with Gasteiger partial charge in [-0.2, -0.15) is 0 Å². The Hall–Kier alpha value is -0.730. The first-order chi connectivity index (χ1) is 7.52. The van der Waals surface area contributed by atoms with Gasteiger partial charge in [0.1, 0.15) is 6.00 Å². The van der Waals surface area contributed by atoms with Crippen molar-refractivity contribution in [1.29, 1.82) is 0 Å². The molecule has 0 saturated heterocycles. The standard InChI is InChI=1S/C12H15Cl2NO/c1-4-10-8(2)11(14)5-6-12(10)15(7-13)9(3)16/h5-6H,4,7H2,1-3H3. The highest BCUT2D eigenvalue weighted by molar-refractivity contribution is 6.31. The predicted molar refractivity (Wildman–Crippen MR) is 69.4 cm³/mol. The molecule has 1 amide bonds. The third-order valence-electron chi connectivity index (χ3n) is 2.65. The van der Waals surface area contributed by atoms with E-state index in [0.29, 0.717) is 0 Å². The van der Waals surface area contributed by atoms with Crippen LogP contribution in [0.1, 0.15) is 25.0 Å². The summed E-state index contributed by atoms with van der Waals surface area (Å²) in [5, 5.41) is 0.721. The number of hydrogen-bond acceptors (Lipinski definition) is 1. The molecular weight excluding hydrogens is 245 g/mol. The molecule has 1 aromatic rings. The van der Waals surface area contributed by atoms with Crippen LogP contribution < -0.4 is 4.90 Å². The van der Waals surface area contributed by atoms with Crippen molar-refractivity contribution in [3.63, 3.8) is 0 Å². The molecule has 0 aliphatic rings. The molecular formula is C12H15Cl2NO. The molecule has 0 aromatic heterocycles. The van der Waals surface area contributed by atoms with Crippen molar-refractivity contribution >= 4 is 34.8 Å². The van der Waals surface area contributed by atoms with E-state index in [-0.39, 0.29) is 11.9 Å². The van der Waals surface area contributed by atoms with Crippen LogP contribution in [0.25, 0.3) is 0 Å². The second-order valence-electron chi connectivity index (χ2n) is 3.59. The van der Waals surface area contributed by atoms with E-state index in [4.69, 9.17) is 23.2 Å². The maximum absolute atomic E-state index is 11.4. The second kappa shape index (κ2) is 5.55. The lowest BCUT2D eigenvalue weighted by Crippen LogP contribution is -2.28.